The van der Waals surface area contributed by atoms with Gasteiger partial charge in [-0.1, -0.05) is 61.7 Å². The number of aliphatic hydroxyl groups excluding tert-OH is 1. The Balaban J connectivity index is 1.51. The summed E-state index contributed by atoms with van der Waals surface area (Å²) in [5.41, 5.74) is -0.888. The number of nitrogens with zero attached hydrogens (tertiary/aromatic N) is 3. The van der Waals surface area contributed by atoms with Gasteiger partial charge in [0.15, 0.2) is 0 Å². The van der Waals surface area contributed by atoms with E-state index in [2.05, 4.69) is 13.2 Å². The summed E-state index contributed by atoms with van der Waals surface area (Å²) >= 11 is 0. The SMILES string of the molecule is C=CCN(Cc1ccccc1)C(=O)[C@@H]1[C@H]2C(=O)N(CCCCO)C(C(=O)N(CC=C)C3CCCCC3)C23CC[C@@]1(C)O3. The summed E-state index contributed by atoms with van der Waals surface area (Å²) in [5.74, 6) is -1.81. The van der Waals surface area contributed by atoms with Crippen molar-refractivity contribution in [3.05, 3.63) is 61.2 Å². The molecule has 2 bridgehead atoms. The van der Waals surface area contributed by atoms with Gasteiger partial charge in [-0.2, -0.15) is 0 Å². The van der Waals surface area contributed by atoms with Gasteiger partial charge in [-0.3, -0.25) is 14.4 Å². The number of hydrogen-bond donors (Lipinski definition) is 1. The average Bonchev–Trinajstić information content (AvgIpc) is 3.56. The monoisotopic (exact) mass is 577 g/mol. The van der Waals surface area contributed by atoms with Crippen molar-refractivity contribution in [1.82, 2.24) is 14.7 Å². The average molecular weight is 578 g/mol. The molecule has 42 heavy (non-hydrogen) atoms. The van der Waals surface area contributed by atoms with E-state index in [1.807, 2.05) is 42.2 Å². The van der Waals surface area contributed by atoms with E-state index in [0.717, 1.165) is 31.2 Å². The van der Waals surface area contributed by atoms with Crippen LogP contribution >= 0.6 is 0 Å². The number of unbranched alkanes of at least 4 members (excludes halogenated alkanes) is 1. The molecule has 3 heterocycles. The number of benzene rings is 1. The maximum atomic E-state index is 14.7. The molecule has 4 fully saturated rings. The third-order valence-corrected chi connectivity index (χ3v) is 10.1. The van der Waals surface area contributed by atoms with Crippen molar-refractivity contribution in [3.63, 3.8) is 0 Å². The first-order valence-corrected chi connectivity index (χ1v) is 15.8. The molecule has 5 atom stereocenters. The number of amides is 3. The highest BCUT2D eigenvalue weighted by atomic mass is 16.5. The normalized spacial score (nSPS) is 30.3. The molecular weight excluding hydrogens is 530 g/mol. The highest BCUT2D eigenvalue weighted by molar-refractivity contribution is 5.99. The van der Waals surface area contributed by atoms with Gasteiger partial charge >= 0.3 is 0 Å². The van der Waals surface area contributed by atoms with Crippen LogP contribution in [-0.2, 0) is 25.7 Å². The molecular formula is C34H47N3O5. The van der Waals surface area contributed by atoms with Crippen LogP contribution in [0.1, 0.15) is 70.3 Å². The van der Waals surface area contributed by atoms with Crippen LogP contribution in [0.15, 0.2) is 55.6 Å². The Bertz CT molecular complexity index is 1170. The molecule has 228 valence electrons. The maximum Gasteiger partial charge on any atom is 0.248 e. The summed E-state index contributed by atoms with van der Waals surface area (Å²) in [5, 5.41) is 9.48. The minimum Gasteiger partial charge on any atom is -0.396 e. The van der Waals surface area contributed by atoms with E-state index in [4.69, 9.17) is 4.74 Å². The van der Waals surface area contributed by atoms with Gasteiger partial charge in [0.25, 0.3) is 0 Å². The van der Waals surface area contributed by atoms with Gasteiger partial charge < -0.3 is 24.5 Å². The van der Waals surface area contributed by atoms with Crippen LogP contribution in [0.25, 0.3) is 0 Å². The molecule has 0 aromatic heterocycles. The van der Waals surface area contributed by atoms with Crippen molar-refractivity contribution in [2.45, 2.75) is 94.5 Å². The van der Waals surface area contributed by atoms with Crippen molar-refractivity contribution in [2.75, 3.05) is 26.2 Å². The van der Waals surface area contributed by atoms with Crippen molar-refractivity contribution in [3.8, 4) is 0 Å². The fourth-order valence-corrected chi connectivity index (χ4v) is 8.21. The largest absolute Gasteiger partial charge is 0.396 e. The zero-order chi connectivity index (χ0) is 29.9. The van der Waals surface area contributed by atoms with E-state index in [-0.39, 0.29) is 30.4 Å². The number of carbonyl (C=O) groups is 3. The Labute approximate surface area is 250 Å². The molecule has 0 radical (unpaired) electrons. The van der Waals surface area contributed by atoms with Gasteiger partial charge in [0.1, 0.15) is 11.6 Å². The van der Waals surface area contributed by atoms with Crippen molar-refractivity contribution in [1.29, 1.82) is 0 Å². The van der Waals surface area contributed by atoms with Crippen molar-refractivity contribution in [2.24, 2.45) is 11.8 Å². The molecule has 8 nitrogen and oxygen atoms in total. The van der Waals surface area contributed by atoms with E-state index >= 15 is 0 Å². The van der Waals surface area contributed by atoms with Crippen LogP contribution in [-0.4, -0.2) is 87.1 Å². The molecule has 1 aromatic carbocycles. The lowest BCUT2D eigenvalue weighted by molar-refractivity contribution is -0.155. The van der Waals surface area contributed by atoms with E-state index in [1.54, 1.807) is 22.0 Å². The van der Waals surface area contributed by atoms with E-state index in [1.165, 1.54) is 6.42 Å². The van der Waals surface area contributed by atoms with Gasteiger partial charge in [-0.15, -0.1) is 13.2 Å². The van der Waals surface area contributed by atoms with Crippen LogP contribution in [0.5, 0.6) is 0 Å². The number of carbonyl (C=O) groups excluding carboxylic acids is 3. The molecule has 1 N–H and O–H groups in total. The van der Waals surface area contributed by atoms with Crippen LogP contribution in [0.4, 0.5) is 0 Å². The summed E-state index contributed by atoms with van der Waals surface area (Å²) < 4.78 is 6.88. The Hall–Kier alpha value is -2.97. The van der Waals surface area contributed by atoms with E-state index in [9.17, 15) is 19.5 Å². The predicted molar refractivity (Wildman–Crippen MR) is 161 cm³/mol. The number of aliphatic hydroxyl groups is 1. The Morgan fingerprint density at radius 2 is 1.76 bits per heavy atom. The summed E-state index contributed by atoms with van der Waals surface area (Å²) in [6, 6.07) is 9.13. The molecule has 1 aromatic rings. The Kier molecular flexibility index (Phi) is 9.23. The highest BCUT2D eigenvalue weighted by Gasteiger charge is 2.78. The van der Waals surface area contributed by atoms with Gasteiger partial charge in [-0.25, -0.2) is 0 Å². The fourth-order valence-electron chi connectivity index (χ4n) is 8.21. The number of ether oxygens (including phenoxy) is 1. The molecule has 1 spiro atoms. The summed E-state index contributed by atoms with van der Waals surface area (Å²) in [7, 11) is 0. The fraction of sp³-hybridized carbons (Fsp3) is 0.618. The van der Waals surface area contributed by atoms with Gasteiger partial charge in [0.2, 0.25) is 17.7 Å². The second-order valence-corrected chi connectivity index (χ2v) is 12.8. The van der Waals surface area contributed by atoms with Gasteiger partial charge in [-0.05, 0) is 51.0 Å². The van der Waals surface area contributed by atoms with Gasteiger partial charge in [0, 0.05) is 38.8 Å². The molecule has 3 aliphatic heterocycles. The van der Waals surface area contributed by atoms with Crippen LogP contribution in [0, 0.1) is 11.8 Å². The Morgan fingerprint density at radius 1 is 1.05 bits per heavy atom. The molecule has 3 saturated heterocycles. The summed E-state index contributed by atoms with van der Waals surface area (Å²) in [6.45, 7) is 11.3. The molecule has 1 saturated carbocycles. The smallest absolute Gasteiger partial charge is 0.248 e. The van der Waals surface area contributed by atoms with Gasteiger partial charge in [0.05, 0.1) is 17.4 Å². The highest BCUT2D eigenvalue weighted by Crippen LogP contribution is 2.63. The molecule has 5 rings (SSSR count). The Morgan fingerprint density at radius 3 is 2.43 bits per heavy atom. The number of hydrogen-bond acceptors (Lipinski definition) is 5. The van der Waals surface area contributed by atoms with E-state index in [0.29, 0.717) is 51.9 Å². The van der Waals surface area contributed by atoms with Crippen molar-refractivity contribution >= 4 is 17.7 Å². The lowest BCUT2D eigenvalue weighted by Gasteiger charge is -2.40. The first kappa shape index (κ1) is 30.5. The van der Waals surface area contributed by atoms with Crippen LogP contribution < -0.4 is 0 Å². The zero-order valence-electron chi connectivity index (χ0n) is 25.1. The minimum absolute atomic E-state index is 0.0194. The lowest BCUT2D eigenvalue weighted by Crippen LogP contribution is -2.58. The van der Waals surface area contributed by atoms with E-state index < -0.39 is 29.1 Å². The first-order valence-electron chi connectivity index (χ1n) is 15.8. The molecule has 8 heteroatoms. The maximum absolute atomic E-state index is 14.7. The second kappa shape index (κ2) is 12.7. The first-order chi connectivity index (χ1) is 20.3. The number of likely N-dealkylation sites (tertiary alicyclic amines) is 1. The van der Waals surface area contributed by atoms with Crippen molar-refractivity contribution < 1.29 is 24.2 Å². The molecule has 1 aliphatic carbocycles. The van der Waals surface area contributed by atoms with Crippen LogP contribution in [0.3, 0.4) is 0 Å². The van der Waals surface area contributed by atoms with Crippen LogP contribution in [0.2, 0.25) is 0 Å². The zero-order valence-corrected chi connectivity index (χ0v) is 25.1. The molecule has 2 unspecified atom stereocenters. The topological polar surface area (TPSA) is 90.4 Å². The third kappa shape index (κ3) is 5.32. The molecule has 4 aliphatic rings. The quantitative estimate of drug-likeness (QED) is 0.282. The summed E-state index contributed by atoms with van der Waals surface area (Å²) in [4.78, 5) is 48.9. The second-order valence-electron chi connectivity index (χ2n) is 12.8. The minimum atomic E-state index is -1.05. The standard InChI is InChI=1S/C34H47N3O5/c1-4-20-35(24-25-14-8-6-9-15-25)30(39)27-28-31(40)37(22-12-13-23-38)29(34(28)19-18-33(27,3)42-34)32(41)36(21-5-2)26-16-10-7-11-17-26/h4-6,8-9,14-15,26-29,38H,1-2,7,10-13,16-24H2,3H3/t27-,28-,29?,33+,34?/m0/s1. The predicted octanol–water partition coefficient (Wildman–Crippen LogP) is 4.09. The lowest BCUT2D eigenvalue weighted by atomic mass is 9.66. The summed E-state index contributed by atoms with van der Waals surface area (Å²) in [6.07, 6.45) is 11.0. The third-order valence-electron chi connectivity index (χ3n) is 10.1. The number of fused-ring (bicyclic) bond motifs is 1. The molecule has 3 amide bonds. The number of rotatable bonds is 13.